The van der Waals surface area contributed by atoms with Gasteiger partial charge < -0.3 is 35.6 Å². The highest BCUT2D eigenvalue weighted by Gasteiger charge is 2.34. The first-order valence-electron chi connectivity index (χ1n) is 15.1. The van der Waals surface area contributed by atoms with Crippen LogP contribution in [0.2, 0.25) is 0 Å². The third-order valence-electron chi connectivity index (χ3n) is 7.63. The first-order valence-corrected chi connectivity index (χ1v) is 15.1. The molecule has 42 heavy (non-hydrogen) atoms. The molecule has 2 fully saturated rings. The van der Waals surface area contributed by atoms with Gasteiger partial charge in [0.15, 0.2) is 0 Å². The lowest BCUT2D eigenvalue weighted by Gasteiger charge is -2.39. The number of piperidine rings is 1. The summed E-state index contributed by atoms with van der Waals surface area (Å²) >= 11 is 0. The monoisotopic (exact) mass is 587 g/mol. The Morgan fingerprint density at radius 3 is 2.31 bits per heavy atom. The lowest BCUT2D eigenvalue weighted by molar-refractivity contribution is -0.126. The summed E-state index contributed by atoms with van der Waals surface area (Å²) in [5.74, 6) is -0.583. The molecule has 2 aliphatic rings. The van der Waals surface area contributed by atoms with E-state index < -0.39 is 17.7 Å². The fourth-order valence-corrected chi connectivity index (χ4v) is 5.46. The molecular weight excluding hydrogens is 538 g/mol. The van der Waals surface area contributed by atoms with Crippen molar-refractivity contribution >= 4 is 23.9 Å². The van der Waals surface area contributed by atoms with Gasteiger partial charge >= 0.3 is 12.1 Å². The number of likely N-dealkylation sites (tertiary alicyclic amines) is 1. The van der Waals surface area contributed by atoms with Gasteiger partial charge in [-0.2, -0.15) is 0 Å². The number of nitrogens with one attached hydrogen (secondary N) is 3. The number of ether oxygens (including phenoxy) is 1. The molecule has 11 heteroatoms. The number of nitrogens with zero attached hydrogens (tertiary/aromatic N) is 2. The van der Waals surface area contributed by atoms with E-state index in [9.17, 15) is 24.3 Å². The van der Waals surface area contributed by atoms with E-state index in [1.54, 1.807) is 9.80 Å². The molecule has 0 unspecified atom stereocenters. The molecular formula is C31H49N5O6. The van der Waals surface area contributed by atoms with Crippen LogP contribution in [0.1, 0.15) is 72.3 Å². The van der Waals surface area contributed by atoms with Crippen LogP contribution in [-0.2, 0) is 20.9 Å². The molecule has 2 aliphatic heterocycles. The zero-order valence-electron chi connectivity index (χ0n) is 25.7. The predicted octanol–water partition coefficient (Wildman–Crippen LogP) is 3.02. The van der Waals surface area contributed by atoms with Gasteiger partial charge in [0.05, 0.1) is 12.6 Å². The lowest BCUT2D eigenvalue weighted by Crippen LogP contribution is -2.57. The normalized spacial score (nSPS) is 19.2. The summed E-state index contributed by atoms with van der Waals surface area (Å²) in [5, 5.41) is 18.6. The first-order chi connectivity index (χ1) is 19.9. The fourth-order valence-electron chi connectivity index (χ4n) is 5.46. The van der Waals surface area contributed by atoms with Crippen molar-refractivity contribution < 1.29 is 29.0 Å². The number of aliphatic hydroxyl groups excluding tert-OH is 1. The van der Waals surface area contributed by atoms with E-state index in [0.29, 0.717) is 58.3 Å². The highest BCUT2D eigenvalue weighted by Crippen LogP contribution is 2.22. The third-order valence-corrected chi connectivity index (χ3v) is 7.63. The van der Waals surface area contributed by atoms with Crippen molar-refractivity contribution in [1.82, 2.24) is 25.8 Å². The molecule has 0 saturated carbocycles. The molecule has 2 saturated heterocycles. The van der Waals surface area contributed by atoms with Gasteiger partial charge in [0.1, 0.15) is 11.6 Å². The number of carbonyl (C=O) groups excluding carboxylic acids is 4. The largest absolute Gasteiger partial charge is 0.444 e. The Balaban J connectivity index is 1.71. The second kappa shape index (κ2) is 15.2. The Hall–Kier alpha value is -3.34. The summed E-state index contributed by atoms with van der Waals surface area (Å²) in [7, 11) is 0. The van der Waals surface area contributed by atoms with Crippen LogP contribution in [0.4, 0.5) is 9.59 Å². The van der Waals surface area contributed by atoms with Crippen molar-refractivity contribution in [2.75, 3.05) is 26.2 Å². The van der Waals surface area contributed by atoms with E-state index in [1.807, 2.05) is 65.0 Å². The molecule has 5 amide bonds. The number of hydrogen-bond donors (Lipinski definition) is 4. The molecule has 0 bridgehead atoms. The zero-order chi connectivity index (χ0) is 30.9. The third kappa shape index (κ3) is 10.2. The molecule has 1 aromatic rings. The minimum atomic E-state index is -0.816. The maximum Gasteiger partial charge on any atom is 0.410 e. The molecule has 0 radical (unpaired) electrons. The van der Waals surface area contributed by atoms with Crippen molar-refractivity contribution in [3.8, 4) is 0 Å². The maximum absolute atomic E-state index is 13.9. The van der Waals surface area contributed by atoms with Gasteiger partial charge in [0.25, 0.3) is 0 Å². The summed E-state index contributed by atoms with van der Waals surface area (Å²) in [6.45, 7) is 11.0. The van der Waals surface area contributed by atoms with Gasteiger partial charge in [-0.05, 0) is 64.4 Å². The Kier molecular flexibility index (Phi) is 12.0. The van der Waals surface area contributed by atoms with Crippen LogP contribution < -0.4 is 16.0 Å². The second-order valence-corrected chi connectivity index (χ2v) is 12.8. The number of amides is 5. The van der Waals surface area contributed by atoms with E-state index in [1.165, 1.54) is 0 Å². The summed E-state index contributed by atoms with van der Waals surface area (Å²) < 4.78 is 5.53. The molecule has 0 aliphatic carbocycles. The molecule has 3 rings (SSSR count). The van der Waals surface area contributed by atoms with Crippen LogP contribution in [0.3, 0.4) is 0 Å². The lowest BCUT2D eigenvalue weighted by atomic mass is 9.97. The standard InChI is InChI=1S/C31H49N5O6/c1-21(2)17-26(28(39)33-24(20-37)18-23-11-14-32-27(23)38)34-29(40)36(19-22-9-7-6-8-10-22)25-12-15-35(16-13-25)30(41)42-31(3,4)5/h6-10,21,23-26,37H,11-20H2,1-5H3,(H,32,38)(H,33,39)(H,34,40)/t23-,24-,26-/m0/s1. The summed E-state index contributed by atoms with van der Waals surface area (Å²) in [6.07, 6.45) is 2.22. The minimum absolute atomic E-state index is 0.0657. The van der Waals surface area contributed by atoms with E-state index in [4.69, 9.17) is 4.74 Å². The number of benzene rings is 1. The van der Waals surface area contributed by atoms with Crippen LogP contribution in [-0.4, -0.2) is 88.8 Å². The number of hydrogen-bond acceptors (Lipinski definition) is 6. The van der Waals surface area contributed by atoms with Crippen molar-refractivity contribution in [3.05, 3.63) is 35.9 Å². The number of aliphatic hydroxyl groups is 1. The molecule has 234 valence electrons. The van der Waals surface area contributed by atoms with Crippen LogP contribution in [0.25, 0.3) is 0 Å². The van der Waals surface area contributed by atoms with Crippen LogP contribution in [0, 0.1) is 11.8 Å². The van der Waals surface area contributed by atoms with Gasteiger partial charge in [-0.1, -0.05) is 44.2 Å². The summed E-state index contributed by atoms with van der Waals surface area (Å²) in [6, 6.07) is 7.78. The Bertz CT molecular complexity index is 1050. The van der Waals surface area contributed by atoms with Gasteiger partial charge in [-0.15, -0.1) is 0 Å². The van der Waals surface area contributed by atoms with Gasteiger partial charge in [0.2, 0.25) is 11.8 Å². The summed E-state index contributed by atoms with van der Waals surface area (Å²) in [5.41, 5.74) is 0.375. The second-order valence-electron chi connectivity index (χ2n) is 12.8. The Labute approximate surface area is 249 Å². The van der Waals surface area contributed by atoms with Gasteiger partial charge in [-0.25, -0.2) is 9.59 Å². The molecule has 2 heterocycles. The van der Waals surface area contributed by atoms with E-state index in [2.05, 4.69) is 16.0 Å². The number of rotatable bonds is 11. The predicted molar refractivity (Wildman–Crippen MR) is 159 cm³/mol. The number of urea groups is 1. The van der Waals surface area contributed by atoms with Crippen LogP contribution in [0.5, 0.6) is 0 Å². The average molecular weight is 588 g/mol. The van der Waals surface area contributed by atoms with E-state index in [-0.39, 0.29) is 48.4 Å². The van der Waals surface area contributed by atoms with E-state index in [0.717, 1.165) is 5.56 Å². The smallest absolute Gasteiger partial charge is 0.410 e. The van der Waals surface area contributed by atoms with Crippen molar-refractivity contribution in [2.45, 2.75) is 97.0 Å². The topological polar surface area (TPSA) is 140 Å². The molecule has 1 aromatic carbocycles. The molecule has 0 spiro atoms. The van der Waals surface area contributed by atoms with E-state index >= 15 is 0 Å². The molecule has 0 aromatic heterocycles. The number of carbonyl (C=O) groups is 4. The molecule has 3 atom stereocenters. The highest BCUT2D eigenvalue weighted by atomic mass is 16.6. The Morgan fingerprint density at radius 2 is 1.76 bits per heavy atom. The zero-order valence-corrected chi connectivity index (χ0v) is 25.7. The summed E-state index contributed by atoms with van der Waals surface area (Å²) in [4.78, 5) is 55.3. The first kappa shape index (κ1) is 33.2. The fraction of sp³-hybridized carbons (Fsp3) is 0.677. The molecule has 11 nitrogen and oxygen atoms in total. The van der Waals surface area contributed by atoms with Crippen molar-refractivity contribution in [2.24, 2.45) is 11.8 Å². The highest BCUT2D eigenvalue weighted by molar-refractivity contribution is 5.87. The van der Waals surface area contributed by atoms with Crippen LogP contribution >= 0.6 is 0 Å². The van der Waals surface area contributed by atoms with Crippen molar-refractivity contribution in [3.63, 3.8) is 0 Å². The van der Waals surface area contributed by atoms with Gasteiger partial charge in [0, 0.05) is 38.1 Å². The average Bonchev–Trinajstić information content (AvgIpc) is 3.34. The minimum Gasteiger partial charge on any atom is -0.444 e. The quantitative estimate of drug-likeness (QED) is 0.314. The van der Waals surface area contributed by atoms with Crippen LogP contribution in [0.15, 0.2) is 30.3 Å². The van der Waals surface area contributed by atoms with Crippen molar-refractivity contribution in [1.29, 1.82) is 0 Å². The maximum atomic E-state index is 13.9. The molecule has 4 N–H and O–H groups in total. The Morgan fingerprint density at radius 1 is 1.10 bits per heavy atom. The van der Waals surface area contributed by atoms with Gasteiger partial charge in [-0.3, -0.25) is 9.59 Å². The SMILES string of the molecule is CC(C)C[C@H](NC(=O)N(Cc1ccccc1)C1CCN(C(=O)OC(C)(C)C)CC1)C(=O)N[C@H](CO)C[C@@H]1CCNC1=O.